The van der Waals surface area contributed by atoms with Gasteiger partial charge in [0.15, 0.2) is 5.65 Å². The van der Waals surface area contributed by atoms with Gasteiger partial charge in [0, 0.05) is 39.5 Å². The Bertz CT molecular complexity index is 1180. The molecule has 1 aliphatic rings. The second-order valence-electron chi connectivity index (χ2n) is 9.70. The van der Waals surface area contributed by atoms with Crippen molar-refractivity contribution in [2.24, 2.45) is 7.05 Å². The fraction of sp³-hybridized carbons (Fsp3) is 0.577. The Morgan fingerprint density at radius 1 is 1.30 bits per heavy atom. The van der Waals surface area contributed by atoms with E-state index in [9.17, 15) is 9.90 Å². The third kappa shape index (κ3) is 7.14. The van der Waals surface area contributed by atoms with E-state index in [2.05, 4.69) is 42.7 Å². The molecular formula is C26H38N8O3. The number of pyridine rings is 1. The minimum absolute atomic E-state index is 0.0570. The molecule has 37 heavy (non-hydrogen) atoms. The maximum atomic E-state index is 12.1. The summed E-state index contributed by atoms with van der Waals surface area (Å²) in [4.78, 5) is 27.6. The number of carboxylic acid groups (broad SMARTS) is 1. The highest BCUT2D eigenvalue weighted by Gasteiger charge is 2.22. The van der Waals surface area contributed by atoms with E-state index in [0.717, 1.165) is 63.3 Å². The van der Waals surface area contributed by atoms with E-state index in [1.165, 1.54) is 11.9 Å². The Morgan fingerprint density at radius 3 is 2.97 bits per heavy atom. The molecule has 0 saturated carbocycles. The predicted octanol–water partition coefficient (Wildman–Crippen LogP) is 2.73. The molecule has 0 fully saturated rings. The second kappa shape index (κ2) is 12.8. The molecule has 0 aliphatic carbocycles. The van der Waals surface area contributed by atoms with Crippen LogP contribution in [0, 0.1) is 0 Å². The van der Waals surface area contributed by atoms with Gasteiger partial charge in [0.1, 0.15) is 24.0 Å². The maximum absolute atomic E-state index is 12.1. The van der Waals surface area contributed by atoms with Crippen LogP contribution >= 0.6 is 0 Å². The van der Waals surface area contributed by atoms with Crippen LogP contribution in [0.1, 0.15) is 43.9 Å². The Balaban J connectivity index is 1.32. The third-order valence-corrected chi connectivity index (χ3v) is 6.90. The minimum atomic E-state index is -0.914. The standard InChI is InChI=1S/C26H38N8O3/c1-18(37-3)16-34(13-5-4-8-20-10-9-19-7-6-12-27-23(19)31-20)14-11-22(26(35)36)32-24-21-15-30-33(2)25(21)29-17-28-24/h9-10,15,17-18,22H,4-8,11-14,16H2,1-3H3,(H,27,31)(H,35,36)(H,28,29,32). The average molecular weight is 511 g/mol. The highest BCUT2D eigenvalue weighted by atomic mass is 16.5. The van der Waals surface area contributed by atoms with Gasteiger partial charge < -0.3 is 25.4 Å². The fourth-order valence-corrected chi connectivity index (χ4v) is 4.69. The number of methoxy groups -OCH3 is 1. The van der Waals surface area contributed by atoms with Crippen LogP contribution in [-0.4, -0.2) is 86.1 Å². The van der Waals surface area contributed by atoms with E-state index in [1.807, 2.05) is 6.92 Å². The highest BCUT2D eigenvalue weighted by Crippen LogP contribution is 2.21. The van der Waals surface area contributed by atoms with E-state index >= 15 is 0 Å². The van der Waals surface area contributed by atoms with E-state index in [1.54, 1.807) is 25.0 Å². The number of nitrogens with zero attached hydrogens (tertiary/aromatic N) is 6. The summed E-state index contributed by atoms with van der Waals surface area (Å²) in [6.45, 7) is 5.25. The van der Waals surface area contributed by atoms with Gasteiger partial charge in [-0.25, -0.2) is 19.7 Å². The molecule has 0 amide bonds. The number of fused-ring (bicyclic) bond motifs is 2. The lowest BCUT2D eigenvalue weighted by Crippen LogP contribution is -2.38. The Labute approximate surface area is 217 Å². The molecule has 4 rings (SSSR count). The van der Waals surface area contributed by atoms with Gasteiger partial charge in [0.25, 0.3) is 0 Å². The quantitative estimate of drug-likeness (QED) is 0.278. The number of aryl methyl sites for hydroxylation is 3. The lowest BCUT2D eigenvalue weighted by atomic mass is 10.1. The second-order valence-corrected chi connectivity index (χ2v) is 9.70. The van der Waals surface area contributed by atoms with Crippen molar-refractivity contribution in [1.82, 2.24) is 29.6 Å². The van der Waals surface area contributed by atoms with Crippen LogP contribution in [0.15, 0.2) is 24.7 Å². The molecular weight excluding hydrogens is 472 g/mol. The van der Waals surface area contributed by atoms with Crippen molar-refractivity contribution in [3.05, 3.63) is 35.9 Å². The molecule has 0 aromatic carbocycles. The van der Waals surface area contributed by atoms with Gasteiger partial charge in [-0.15, -0.1) is 0 Å². The molecule has 0 radical (unpaired) electrons. The molecule has 11 heteroatoms. The third-order valence-electron chi connectivity index (χ3n) is 6.90. The summed E-state index contributed by atoms with van der Waals surface area (Å²) in [6, 6.07) is 3.56. The lowest BCUT2D eigenvalue weighted by molar-refractivity contribution is -0.138. The molecule has 1 aliphatic heterocycles. The van der Waals surface area contributed by atoms with Crippen molar-refractivity contribution in [3.8, 4) is 0 Å². The molecule has 3 N–H and O–H groups in total. The number of anilines is 2. The van der Waals surface area contributed by atoms with E-state index in [0.29, 0.717) is 29.8 Å². The number of ether oxygens (including phenoxy) is 1. The van der Waals surface area contributed by atoms with Crippen LogP contribution in [0.2, 0.25) is 0 Å². The van der Waals surface area contributed by atoms with Crippen molar-refractivity contribution >= 4 is 28.6 Å². The summed E-state index contributed by atoms with van der Waals surface area (Å²) in [5, 5.41) is 21.3. The SMILES string of the molecule is COC(C)CN(CCCCc1ccc2c(n1)NCCC2)CCC(Nc1ncnc2c1cnn2C)C(=O)O. The van der Waals surface area contributed by atoms with Gasteiger partial charge >= 0.3 is 5.97 Å². The number of hydrogen-bond donors (Lipinski definition) is 3. The van der Waals surface area contributed by atoms with Gasteiger partial charge in [-0.1, -0.05) is 6.07 Å². The normalized spacial score (nSPS) is 14.8. The van der Waals surface area contributed by atoms with Crippen LogP contribution in [0.5, 0.6) is 0 Å². The molecule has 11 nitrogen and oxygen atoms in total. The first-order chi connectivity index (χ1) is 17.9. The average Bonchev–Trinajstić information content (AvgIpc) is 3.29. The van der Waals surface area contributed by atoms with Crippen molar-refractivity contribution in [3.63, 3.8) is 0 Å². The number of carboxylic acids is 1. The van der Waals surface area contributed by atoms with Crippen LogP contribution in [0.25, 0.3) is 11.0 Å². The predicted molar refractivity (Wildman–Crippen MR) is 143 cm³/mol. The summed E-state index contributed by atoms with van der Waals surface area (Å²) in [5.74, 6) is 0.607. The Hall–Kier alpha value is -3.31. The zero-order valence-electron chi connectivity index (χ0n) is 22.0. The minimum Gasteiger partial charge on any atom is -0.480 e. The van der Waals surface area contributed by atoms with Crippen molar-refractivity contribution < 1.29 is 14.6 Å². The fourth-order valence-electron chi connectivity index (χ4n) is 4.69. The number of unbranched alkanes of at least 4 members (excludes halogenated alkanes) is 1. The summed E-state index contributed by atoms with van der Waals surface area (Å²) in [7, 11) is 3.50. The molecule has 0 spiro atoms. The first-order valence-electron chi connectivity index (χ1n) is 13.0. The summed E-state index contributed by atoms with van der Waals surface area (Å²) < 4.78 is 7.13. The lowest BCUT2D eigenvalue weighted by Gasteiger charge is -2.27. The van der Waals surface area contributed by atoms with Crippen molar-refractivity contribution in [2.45, 2.75) is 57.6 Å². The molecule has 0 bridgehead atoms. The smallest absolute Gasteiger partial charge is 0.326 e. The highest BCUT2D eigenvalue weighted by molar-refractivity contribution is 5.88. The van der Waals surface area contributed by atoms with Crippen molar-refractivity contribution in [1.29, 1.82) is 0 Å². The largest absolute Gasteiger partial charge is 0.480 e. The number of nitrogens with one attached hydrogen (secondary N) is 2. The van der Waals surface area contributed by atoms with Gasteiger partial charge in [0.05, 0.1) is 17.7 Å². The van der Waals surface area contributed by atoms with Gasteiger partial charge in [-0.2, -0.15) is 5.10 Å². The van der Waals surface area contributed by atoms with Gasteiger partial charge in [-0.05, 0) is 63.6 Å². The molecule has 200 valence electrons. The first kappa shape index (κ1) is 26.7. The molecule has 3 aromatic heterocycles. The molecule has 2 atom stereocenters. The molecule has 3 aromatic rings. The van der Waals surface area contributed by atoms with Crippen LogP contribution in [0.3, 0.4) is 0 Å². The van der Waals surface area contributed by atoms with Crippen molar-refractivity contribution in [2.75, 3.05) is 43.9 Å². The number of carbonyl (C=O) groups is 1. The first-order valence-corrected chi connectivity index (χ1v) is 13.0. The number of hydrogen-bond acceptors (Lipinski definition) is 9. The van der Waals surface area contributed by atoms with E-state index in [4.69, 9.17) is 9.72 Å². The number of rotatable bonds is 14. The summed E-state index contributed by atoms with van der Waals surface area (Å²) in [6.07, 6.45) is 8.75. The topological polar surface area (TPSA) is 130 Å². The zero-order chi connectivity index (χ0) is 26.2. The Kier molecular flexibility index (Phi) is 9.24. The van der Waals surface area contributed by atoms with E-state index < -0.39 is 12.0 Å². The molecule has 2 unspecified atom stereocenters. The summed E-state index contributed by atoms with van der Waals surface area (Å²) >= 11 is 0. The Morgan fingerprint density at radius 2 is 2.16 bits per heavy atom. The van der Waals surface area contributed by atoms with Gasteiger partial charge in [-0.3, -0.25) is 4.68 Å². The van der Waals surface area contributed by atoms with E-state index in [-0.39, 0.29) is 6.10 Å². The van der Waals surface area contributed by atoms with Crippen LogP contribution in [-0.2, 0) is 29.4 Å². The maximum Gasteiger partial charge on any atom is 0.326 e. The van der Waals surface area contributed by atoms with Crippen LogP contribution < -0.4 is 10.6 Å². The number of aliphatic carboxylic acids is 1. The summed E-state index contributed by atoms with van der Waals surface area (Å²) in [5.41, 5.74) is 3.08. The number of aromatic nitrogens is 5. The monoisotopic (exact) mass is 510 g/mol. The zero-order valence-corrected chi connectivity index (χ0v) is 22.0. The molecule has 0 saturated heterocycles. The van der Waals surface area contributed by atoms with Gasteiger partial charge in [0.2, 0.25) is 0 Å². The van der Waals surface area contributed by atoms with Crippen LogP contribution in [0.4, 0.5) is 11.6 Å². The molecule has 4 heterocycles.